The Kier molecular flexibility index (Phi) is 8.00. The molecule has 2 aromatic carbocycles. The molecule has 1 aliphatic carbocycles. The first-order valence-electron chi connectivity index (χ1n) is 12.2. The van der Waals surface area contributed by atoms with Crippen LogP contribution in [0.5, 0.6) is 0 Å². The van der Waals surface area contributed by atoms with Gasteiger partial charge in [0.05, 0.1) is 5.56 Å². The summed E-state index contributed by atoms with van der Waals surface area (Å²) in [6.45, 7) is 1.70. The fourth-order valence-corrected chi connectivity index (χ4v) is 6.56. The molecule has 0 radical (unpaired) electrons. The van der Waals surface area contributed by atoms with E-state index < -0.39 is 27.9 Å². The molecule has 192 valence electrons. The number of nitrogens with zero attached hydrogens (tertiary/aromatic N) is 2. The number of carbonyl (C=O) groups is 3. The SMILES string of the molecule is CCC(C(=O)NC1CCCC1)N(Cc1ccc(Cl)cc1)C(=O)CCN1C(=O)c2ccccc2S1(=O)=O. The van der Waals surface area contributed by atoms with E-state index in [1.807, 2.05) is 6.92 Å². The topological polar surface area (TPSA) is 104 Å². The van der Waals surface area contributed by atoms with Crippen LogP contribution >= 0.6 is 11.6 Å². The van der Waals surface area contributed by atoms with Crippen LogP contribution in [-0.2, 0) is 26.2 Å². The highest BCUT2D eigenvalue weighted by molar-refractivity contribution is 7.90. The number of nitrogens with one attached hydrogen (secondary N) is 1. The number of hydrogen-bond acceptors (Lipinski definition) is 5. The van der Waals surface area contributed by atoms with E-state index in [2.05, 4.69) is 5.32 Å². The summed E-state index contributed by atoms with van der Waals surface area (Å²) in [5.74, 6) is -1.27. The van der Waals surface area contributed by atoms with Gasteiger partial charge in [-0.15, -0.1) is 0 Å². The zero-order chi connectivity index (χ0) is 25.9. The van der Waals surface area contributed by atoms with Crippen LogP contribution in [0.25, 0.3) is 0 Å². The predicted molar refractivity (Wildman–Crippen MR) is 136 cm³/mol. The van der Waals surface area contributed by atoms with Gasteiger partial charge in [0.2, 0.25) is 11.8 Å². The molecule has 8 nitrogen and oxygen atoms in total. The minimum absolute atomic E-state index is 0.0529. The number of rotatable bonds is 9. The van der Waals surface area contributed by atoms with E-state index in [0.717, 1.165) is 35.6 Å². The third-order valence-electron chi connectivity index (χ3n) is 6.79. The van der Waals surface area contributed by atoms with Gasteiger partial charge < -0.3 is 10.2 Å². The Bertz CT molecular complexity index is 1240. The monoisotopic (exact) mass is 531 g/mol. The van der Waals surface area contributed by atoms with Crippen molar-refractivity contribution in [2.45, 2.75) is 69.0 Å². The molecular formula is C26H30ClN3O5S. The average Bonchev–Trinajstić information content (AvgIpc) is 3.43. The lowest BCUT2D eigenvalue weighted by molar-refractivity contribution is -0.141. The van der Waals surface area contributed by atoms with Crippen molar-refractivity contribution >= 4 is 39.3 Å². The van der Waals surface area contributed by atoms with Gasteiger partial charge in [0.15, 0.2) is 0 Å². The standard InChI is InChI=1S/C26H30ClN3O5S/c1-2-22(25(32)28-20-7-3-4-8-20)29(17-18-11-13-19(27)14-12-18)24(31)15-16-30-26(33)21-9-5-6-10-23(21)36(30,34)35/h5-6,9-14,20,22H,2-4,7-8,15-17H2,1H3,(H,28,32). The number of carbonyl (C=O) groups excluding carboxylic acids is 3. The molecule has 1 N–H and O–H groups in total. The van der Waals surface area contributed by atoms with E-state index in [0.29, 0.717) is 11.4 Å². The summed E-state index contributed by atoms with van der Waals surface area (Å²) in [6, 6.07) is 12.4. The van der Waals surface area contributed by atoms with Crippen molar-refractivity contribution in [3.8, 4) is 0 Å². The Labute approximate surface area is 216 Å². The summed E-state index contributed by atoms with van der Waals surface area (Å²) in [5.41, 5.74) is 0.891. The van der Waals surface area contributed by atoms with Gasteiger partial charge in [-0.1, -0.05) is 55.6 Å². The fraction of sp³-hybridized carbons (Fsp3) is 0.423. The average molecular weight is 532 g/mol. The van der Waals surface area contributed by atoms with Crippen molar-refractivity contribution in [1.82, 2.24) is 14.5 Å². The molecule has 4 rings (SSSR count). The first-order valence-corrected chi connectivity index (χ1v) is 14.0. The van der Waals surface area contributed by atoms with E-state index in [4.69, 9.17) is 11.6 Å². The van der Waals surface area contributed by atoms with Crippen LogP contribution in [0.4, 0.5) is 0 Å². The molecule has 1 saturated carbocycles. The molecule has 1 atom stereocenters. The van der Waals surface area contributed by atoms with Crippen LogP contribution < -0.4 is 5.32 Å². The molecule has 0 bridgehead atoms. The Morgan fingerprint density at radius 1 is 1.11 bits per heavy atom. The second-order valence-electron chi connectivity index (χ2n) is 9.19. The van der Waals surface area contributed by atoms with E-state index in [1.54, 1.807) is 36.4 Å². The minimum atomic E-state index is -4.02. The number of benzene rings is 2. The summed E-state index contributed by atoms with van der Waals surface area (Å²) in [5, 5.41) is 3.63. The largest absolute Gasteiger partial charge is 0.352 e. The molecule has 2 aliphatic rings. The highest BCUT2D eigenvalue weighted by atomic mass is 35.5. The summed E-state index contributed by atoms with van der Waals surface area (Å²) < 4.78 is 26.5. The van der Waals surface area contributed by atoms with Gasteiger partial charge in [-0.3, -0.25) is 14.4 Å². The van der Waals surface area contributed by atoms with Crippen molar-refractivity contribution in [2.75, 3.05) is 6.54 Å². The quantitative estimate of drug-likeness (QED) is 0.531. The van der Waals surface area contributed by atoms with E-state index in [-0.39, 0.29) is 41.9 Å². The predicted octanol–water partition coefficient (Wildman–Crippen LogP) is 3.74. The van der Waals surface area contributed by atoms with Crippen LogP contribution in [0.2, 0.25) is 5.02 Å². The third kappa shape index (κ3) is 5.42. The van der Waals surface area contributed by atoms with Crippen molar-refractivity contribution in [3.63, 3.8) is 0 Å². The van der Waals surface area contributed by atoms with Crippen LogP contribution in [0.3, 0.4) is 0 Å². The molecule has 1 heterocycles. The van der Waals surface area contributed by atoms with Crippen molar-refractivity contribution in [1.29, 1.82) is 0 Å². The second-order valence-corrected chi connectivity index (χ2v) is 11.5. The summed E-state index contributed by atoms with van der Waals surface area (Å²) >= 11 is 6.01. The Morgan fingerprint density at radius 3 is 2.42 bits per heavy atom. The van der Waals surface area contributed by atoms with Crippen LogP contribution in [-0.4, -0.2) is 54.0 Å². The van der Waals surface area contributed by atoms with Crippen molar-refractivity contribution in [3.05, 3.63) is 64.7 Å². The number of sulfonamides is 1. The lowest BCUT2D eigenvalue weighted by atomic mass is 10.1. The second kappa shape index (κ2) is 11.0. The van der Waals surface area contributed by atoms with E-state index >= 15 is 0 Å². The maximum atomic E-state index is 13.5. The van der Waals surface area contributed by atoms with Crippen molar-refractivity contribution in [2.24, 2.45) is 0 Å². The Hall–Kier alpha value is -2.91. The van der Waals surface area contributed by atoms with Gasteiger partial charge in [0.1, 0.15) is 10.9 Å². The highest BCUT2D eigenvalue weighted by Gasteiger charge is 2.41. The molecular weight excluding hydrogens is 502 g/mol. The third-order valence-corrected chi connectivity index (χ3v) is 8.89. The number of amides is 3. The number of fused-ring (bicyclic) bond motifs is 1. The lowest BCUT2D eigenvalue weighted by Gasteiger charge is -2.32. The molecule has 0 spiro atoms. The maximum Gasteiger partial charge on any atom is 0.269 e. The molecule has 10 heteroatoms. The normalized spacial score (nSPS) is 17.6. The first-order chi connectivity index (χ1) is 17.2. The van der Waals surface area contributed by atoms with Crippen LogP contribution in [0.1, 0.15) is 61.4 Å². The summed E-state index contributed by atoms with van der Waals surface area (Å²) in [4.78, 5) is 40.9. The van der Waals surface area contributed by atoms with Crippen molar-refractivity contribution < 1.29 is 22.8 Å². The van der Waals surface area contributed by atoms with Crippen LogP contribution in [0.15, 0.2) is 53.4 Å². The first kappa shape index (κ1) is 26.2. The number of halogens is 1. The zero-order valence-corrected chi connectivity index (χ0v) is 21.7. The molecule has 3 amide bonds. The minimum Gasteiger partial charge on any atom is -0.352 e. The van der Waals surface area contributed by atoms with Gasteiger partial charge in [-0.25, -0.2) is 12.7 Å². The summed E-state index contributed by atoms with van der Waals surface area (Å²) in [6.07, 6.45) is 4.13. The smallest absolute Gasteiger partial charge is 0.269 e. The van der Waals surface area contributed by atoms with Crippen LogP contribution in [0, 0.1) is 0 Å². The zero-order valence-electron chi connectivity index (χ0n) is 20.2. The highest BCUT2D eigenvalue weighted by Crippen LogP contribution is 2.30. The molecule has 36 heavy (non-hydrogen) atoms. The fourth-order valence-electron chi connectivity index (χ4n) is 4.87. The van der Waals surface area contributed by atoms with Gasteiger partial charge in [0.25, 0.3) is 15.9 Å². The molecule has 2 aromatic rings. The maximum absolute atomic E-state index is 13.5. The van der Waals surface area contributed by atoms with E-state index in [9.17, 15) is 22.8 Å². The molecule has 1 aliphatic heterocycles. The molecule has 1 unspecified atom stereocenters. The van der Waals surface area contributed by atoms with Gasteiger partial charge in [-0.05, 0) is 49.1 Å². The Balaban J connectivity index is 1.53. The molecule has 0 saturated heterocycles. The lowest BCUT2D eigenvalue weighted by Crippen LogP contribution is -2.51. The molecule has 0 aromatic heterocycles. The van der Waals surface area contributed by atoms with E-state index in [1.165, 1.54) is 17.0 Å². The van der Waals surface area contributed by atoms with Gasteiger partial charge in [-0.2, -0.15) is 0 Å². The van der Waals surface area contributed by atoms with Gasteiger partial charge in [0, 0.05) is 30.6 Å². The molecule has 1 fully saturated rings. The van der Waals surface area contributed by atoms with Gasteiger partial charge >= 0.3 is 0 Å². The number of hydrogen-bond donors (Lipinski definition) is 1. The summed E-state index contributed by atoms with van der Waals surface area (Å²) in [7, 11) is -4.02. The Morgan fingerprint density at radius 2 is 1.78 bits per heavy atom.